The van der Waals surface area contributed by atoms with E-state index in [2.05, 4.69) is 10.1 Å². The molecule has 1 amide bonds. The molecule has 0 aliphatic heterocycles. The van der Waals surface area contributed by atoms with E-state index >= 15 is 0 Å². The lowest BCUT2D eigenvalue weighted by molar-refractivity contribution is -0.146. The van der Waals surface area contributed by atoms with Crippen molar-refractivity contribution >= 4 is 11.9 Å². The molecule has 0 radical (unpaired) electrons. The van der Waals surface area contributed by atoms with Crippen LogP contribution in [-0.2, 0) is 14.3 Å². The first-order chi connectivity index (χ1) is 7.97. The highest BCUT2D eigenvalue weighted by molar-refractivity contribution is 5.87. The molecule has 0 rings (SSSR count). The van der Waals surface area contributed by atoms with Gasteiger partial charge in [0.15, 0.2) is 0 Å². The van der Waals surface area contributed by atoms with Gasteiger partial charge in [-0.25, -0.2) is 4.79 Å². The third-order valence-electron chi connectivity index (χ3n) is 2.47. The van der Waals surface area contributed by atoms with Crippen LogP contribution in [0.25, 0.3) is 0 Å². The van der Waals surface area contributed by atoms with Gasteiger partial charge in [-0.3, -0.25) is 4.79 Å². The molecule has 0 saturated heterocycles. The molecule has 0 bridgehead atoms. The molecule has 0 aromatic heterocycles. The van der Waals surface area contributed by atoms with Crippen LogP contribution in [-0.4, -0.2) is 25.0 Å². The van der Waals surface area contributed by atoms with Crippen LogP contribution in [0.3, 0.4) is 0 Å². The first-order valence-corrected chi connectivity index (χ1v) is 5.75. The van der Waals surface area contributed by atoms with Crippen LogP contribution in [0.15, 0.2) is 0 Å². The number of carbonyl (C=O) groups excluding carboxylic acids is 2. The predicted molar refractivity (Wildman–Crippen MR) is 62.8 cm³/mol. The zero-order chi connectivity index (χ0) is 13.4. The van der Waals surface area contributed by atoms with E-state index in [1.807, 2.05) is 26.8 Å². The quantitative estimate of drug-likeness (QED) is 0.708. The molecule has 96 valence electrons. The van der Waals surface area contributed by atoms with Gasteiger partial charge < -0.3 is 10.1 Å². The SMILES string of the molecule is CCCC(C#N)C(=O)NC(C(=O)OC)C(C)C. The first kappa shape index (κ1) is 15.4. The van der Waals surface area contributed by atoms with Crippen LogP contribution in [0.5, 0.6) is 0 Å². The van der Waals surface area contributed by atoms with Crippen molar-refractivity contribution < 1.29 is 14.3 Å². The summed E-state index contributed by atoms with van der Waals surface area (Å²) < 4.78 is 4.61. The Kier molecular flexibility index (Phi) is 6.95. The minimum absolute atomic E-state index is 0.0765. The van der Waals surface area contributed by atoms with Crippen molar-refractivity contribution in [3.63, 3.8) is 0 Å². The zero-order valence-electron chi connectivity index (χ0n) is 10.8. The summed E-state index contributed by atoms with van der Waals surface area (Å²) in [6.07, 6.45) is 1.24. The Balaban J connectivity index is 4.61. The van der Waals surface area contributed by atoms with Crippen molar-refractivity contribution in [1.82, 2.24) is 5.32 Å². The van der Waals surface area contributed by atoms with Gasteiger partial charge in [-0.15, -0.1) is 0 Å². The van der Waals surface area contributed by atoms with Gasteiger partial charge in [0.1, 0.15) is 12.0 Å². The van der Waals surface area contributed by atoms with E-state index in [9.17, 15) is 9.59 Å². The number of esters is 1. The van der Waals surface area contributed by atoms with Gasteiger partial charge in [-0.2, -0.15) is 5.26 Å². The first-order valence-electron chi connectivity index (χ1n) is 5.75. The maximum absolute atomic E-state index is 11.8. The van der Waals surface area contributed by atoms with Gasteiger partial charge in [0.05, 0.1) is 13.2 Å². The summed E-state index contributed by atoms with van der Waals surface area (Å²) in [6, 6.07) is 1.25. The number of nitrogens with zero attached hydrogens (tertiary/aromatic N) is 1. The van der Waals surface area contributed by atoms with E-state index in [1.165, 1.54) is 7.11 Å². The summed E-state index contributed by atoms with van der Waals surface area (Å²) in [5.74, 6) is -1.67. The molecule has 17 heavy (non-hydrogen) atoms. The van der Waals surface area contributed by atoms with E-state index in [0.29, 0.717) is 6.42 Å². The van der Waals surface area contributed by atoms with Crippen molar-refractivity contribution in [2.45, 2.75) is 39.7 Å². The highest BCUT2D eigenvalue weighted by Gasteiger charge is 2.27. The van der Waals surface area contributed by atoms with Crippen LogP contribution >= 0.6 is 0 Å². The predicted octanol–water partition coefficient (Wildman–Crippen LogP) is 1.24. The van der Waals surface area contributed by atoms with E-state index in [0.717, 1.165) is 6.42 Å². The lowest BCUT2D eigenvalue weighted by Gasteiger charge is -2.21. The molecule has 0 aliphatic carbocycles. The van der Waals surface area contributed by atoms with Crippen molar-refractivity contribution in [2.24, 2.45) is 11.8 Å². The van der Waals surface area contributed by atoms with Gasteiger partial charge in [-0.1, -0.05) is 27.2 Å². The van der Waals surface area contributed by atoms with Crippen molar-refractivity contribution in [3.05, 3.63) is 0 Å². The highest BCUT2D eigenvalue weighted by atomic mass is 16.5. The molecular formula is C12H20N2O3. The molecule has 0 fully saturated rings. The van der Waals surface area contributed by atoms with E-state index in [4.69, 9.17) is 5.26 Å². The van der Waals surface area contributed by atoms with Gasteiger partial charge in [0.25, 0.3) is 0 Å². The fourth-order valence-corrected chi connectivity index (χ4v) is 1.42. The van der Waals surface area contributed by atoms with Crippen molar-refractivity contribution in [3.8, 4) is 6.07 Å². The Hall–Kier alpha value is -1.57. The van der Waals surface area contributed by atoms with E-state index < -0.39 is 23.8 Å². The normalized spacial score (nSPS) is 13.6. The molecule has 0 spiro atoms. The molecule has 2 unspecified atom stereocenters. The Labute approximate surface area is 102 Å². The molecule has 5 heteroatoms. The van der Waals surface area contributed by atoms with Crippen LogP contribution < -0.4 is 5.32 Å². The summed E-state index contributed by atoms with van der Waals surface area (Å²) in [6.45, 7) is 5.52. The Morgan fingerprint density at radius 1 is 1.41 bits per heavy atom. The average molecular weight is 240 g/mol. The van der Waals surface area contributed by atoms with Gasteiger partial charge in [-0.05, 0) is 12.3 Å². The van der Waals surface area contributed by atoms with E-state index in [-0.39, 0.29) is 5.92 Å². The second kappa shape index (κ2) is 7.66. The largest absolute Gasteiger partial charge is 0.467 e. The lowest BCUT2D eigenvalue weighted by Crippen LogP contribution is -2.47. The number of methoxy groups -OCH3 is 1. The van der Waals surface area contributed by atoms with Crippen LogP contribution in [0.1, 0.15) is 33.6 Å². The molecular weight excluding hydrogens is 220 g/mol. The summed E-state index contributed by atoms with van der Waals surface area (Å²) >= 11 is 0. The molecule has 0 aromatic carbocycles. The third-order valence-corrected chi connectivity index (χ3v) is 2.47. The fourth-order valence-electron chi connectivity index (χ4n) is 1.42. The minimum atomic E-state index is -0.703. The van der Waals surface area contributed by atoms with Crippen LogP contribution in [0.2, 0.25) is 0 Å². The topological polar surface area (TPSA) is 79.2 Å². The smallest absolute Gasteiger partial charge is 0.328 e. The minimum Gasteiger partial charge on any atom is -0.467 e. The van der Waals surface area contributed by atoms with Crippen molar-refractivity contribution in [1.29, 1.82) is 5.26 Å². The Morgan fingerprint density at radius 3 is 2.35 bits per heavy atom. The Morgan fingerprint density at radius 2 is 2.00 bits per heavy atom. The van der Waals surface area contributed by atoms with Crippen molar-refractivity contribution in [2.75, 3.05) is 7.11 Å². The molecule has 0 heterocycles. The maximum Gasteiger partial charge on any atom is 0.328 e. The molecule has 2 atom stereocenters. The summed E-state index contributed by atoms with van der Waals surface area (Å²) in [5.41, 5.74) is 0. The molecule has 0 aliphatic rings. The monoisotopic (exact) mass is 240 g/mol. The highest BCUT2D eigenvalue weighted by Crippen LogP contribution is 2.09. The van der Waals surface area contributed by atoms with Crippen LogP contribution in [0.4, 0.5) is 0 Å². The number of nitriles is 1. The van der Waals surface area contributed by atoms with Gasteiger partial charge in [0.2, 0.25) is 5.91 Å². The molecule has 0 aromatic rings. The number of amides is 1. The number of ether oxygens (including phenoxy) is 1. The molecule has 0 saturated carbocycles. The average Bonchev–Trinajstić information content (AvgIpc) is 2.31. The molecule has 5 nitrogen and oxygen atoms in total. The number of rotatable bonds is 6. The maximum atomic E-state index is 11.8. The fraction of sp³-hybridized carbons (Fsp3) is 0.750. The zero-order valence-corrected chi connectivity index (χ0v) is 10.8. The Bertz CT molecular complexity index is 307. The van der Waals surface area contributed by atoms with Gasteiger partial charge in [0, 0.05) is 0 Å². The number of hydrogen-bond acceptors (Lipinski definition) is 4. The summed E-state index contributed by atoms with van der Waals surface area (Å²) in [5, 5.41) is 11.4. The number of hydrogen-bond donors (Lipinski definition) is 1. The summed E-state index contributed by atoms with van der Waals surface area (Å²) in [4.78, 5) is 23.2. The third kappa shape index (κ3) is 4.85. The second-order valence-corrected chi connectivity index (χ2v) is 4.22. The number of nitrogens with one attached hydrogen (secondary N) is 1. The van der Waals surface area contributed by atoms with Gasteiger partial charge >= 0.3 is 5.97 Å². The molecule has 1 N–H and O–H groups in total. The standard InChI is InChI=1S/C12H20N2O3/c1-5-6-9(7-13)11(15)14-10(8(2)3)12(16)17-4/h8-10H,5-6H2,1-4H3,(H,14,15). The van der Waals surface area contributed by atoms with Crippen LogP contribution in [0, 0.1) is 23.2 Å². The van der Waals surface area contributed by atoms with E-state index in [1.54, 1.807) is 0 Å². The summed E-state index contributed by atoms with van der Waals surface area (Å²) in [7, 11) is 1.28. The number of carbonyl (C=O) groups is 2. The second-order valence-electron chi connectivity index (χ2n) is 4.22. The lowest BCUT2D eigenvalue weighted by atomic mass is 10.0.